The van der Waals surface area contributed by atoms with Gasteiger partial charge in [-0.25, -0.2) is 13.1 Å². The predicted octanol–water partition coefficient (Wildman–Crippen LogP) is 2.51. The highest BCUT2D eigenvalue weighted by Crippen LogP contribution is 2.16. The first-order chi connectivity index (χ1) is 8.98. The van der Waals surface area contributed by atoms with E-state index in [0.29, 0.717) is 6.42 Å². The van der Waals surface area contributed by atoms with Gasteiger partial charge in [-0.3, -0.25) is 0 Å². The maximum absolute atomic E-state index is 12.1. The molecule has 0 amide bonds. The largest absolute Gasteiger partial charge is 0.213 e. The molecule has 0 aromatic heterocycles. The first-order valence-electron chi connectivity index (χ1n) is 6.49. The molecule has 0 aliphatic heterocycles. The molecule has 1 rings (SSSR count). The Morgan fingerprint density at radius 2 is 1.95 bits per heavy atom. The molecule has 2 unspecified atom stereocenters. The van der Waals surface area contributed by atoms with Gasteiger partial charge in [0.2, 0.25) is 10.0 Å². The molecule has 0 aliphatic carbocycles. The molecule has 0 bridgehead atoms. The molecule has 0 spiro atoms. The molecule has 104 valence electrons. The second kappa shape index (κ2) is 7.32. The van der Waals surface area contributed by atoms with Crippen LogP contribution in [0.25, 0.3) is 0 Å². The Labute approximate surface area is 116 Å². The second-order valence-corrected chi connectivity index (χ2v) is 6.52. The van der Waals surface area contributed by atoms with Crippen molar-refractivity contribution in [3.05, 3.63) is 35.9 Å². The Balaban J connectivity index is 2.67. The molecule has 4 heteroatoms. The molecular formula is C15H21NO2S. The van der Waals surface area contributed by atoms with Crippen LogP contribution < -0.4 is 4.72 Å². The van der Waals surface area contributed by atoms with Crippen LogP contribution in [0.1, 0.15) is 38.2 Å². The molecular weight excluding hydrogens is 258 g/mol. The van der Waals surface area contributed by atoms with Crippen molar-refractivity contribution in [2.75, 3.05) is 5.75 Å². The van der Waals surface area contributed by atoms with Crippen LogP contribution in [0.4, 0.5) is 0 Å². The fraction of sp³-hybridized carbons (Fsp3) is 0.467. The van der Waals surface area contributed by atoms with E-state index in [1.807, 2.05) is 44.2 Å². The van der Waals surface area contributed by atoms with Gasteiger partial charge < -0.3 is 0 Å². The fourth-order valence-corrected chi connectivity index (χ4v) is 3.50. The number of terminal acetylenes is 1. The summed E-state index contributed by atoms with van der Waals surface area (Å²) in [6.07, 6.45) is 6.85. The van der Waals surface area contributed by atoms with E-state index in [2.05, 4.69) is 10.6 Å². The Bertz CT molecular complexity index is 517. The third kappa shape index (κ3) is 5.46. The zero-order valence-electron chi connectivity index (χ0n) is 11.5. The SMILES string of the molecule is C#CC(CCC)NS(=O)(=O)CC(C)c1ccccc1. The zero-order chi connectivity index (χ0) is 14.3. The number of hydrogen-bond acceptors (Lipinski definition) is 2. The third-order valence-electron chi connectivity index (χ3n) is 2.94. The summed E-state index contributed by atoms with van der Waals surface area (Å²) in [6, 6.07) is 9.20. The average Bonchev–Trinajstić information content (AvgIpc) is 2.38. The number of nitrogens with one attached hydrogen (secondary N) is 1. The van der Waals surface area contributed by atoms with Crippen LogP contribution in [0.3, 0.4) is 0 Å². The predicted molar refractivity (Wildman–Crippen MR) is 79.3 cm³/mol. The second-order valence-electron chi connectivity index (χ2n) is 4.72. The van der Waals surface area contributed by atoms with Crippen LogP contribution in [0, 0.1) is 12.3 Å². The molecule has 1 aromatic rings. The van der Waals surface area contributed by atoms with Gasteiger partial charge in [-0.05, 0) is 17.9 Å². The zero-order valence-corrected chi connectivity index (χ0v) is 12.3. The van der Waals surface area contributed by atoms with Crippen molar-refractivity contribution in [1.82, 2.24) is 4.72 Å². The maximum Gasteiger partial charge on any atom is 0.213 e. The molecule has 1 N–H and O–H groups in total. The minimum Gasteiger partial charge on any atom is -0.212 e. The van der Waals surface area contributed by atoms with Crippen molar-refractivity contribution in [2.24, 2.45) is 0 Å². The van der Waals surface area contributed by atoms with Gasteiger partial charge in [0, 0.05) is 0 Å². The highest BCUT2D eigenvalue weighted by molar-refractivity contribution is 7.89. The van der Waals surface area contributed by atoms with Crippen LogP contribution in [-0.4, -0.2) is 20.2 Å². The van der Waals surface area contributed by atoms with Gasteiger partial charge in [-0.15, -0.1) is 6.42 Å². The number of benzene rings is 1. The maximum atomic E-state index is 12.1. The molecule has 0 saturated carbocycles. The molecule has 0 radical (unpaired) electrons. The van der Waals surface area contributed by atoms with E-state index >= 15 is 0 Å². The summed E-state index contributed by atoms with van der Waals surface area (Å²) < 4.78 is 26.7. The molecule has 3 nitrogen and oxygen atoms in total. The average molecular weight is 279 g/mol. The quantitative estimate of drug-likeness (QED) is 0.780. The minimum atomic E-state index is -3.35. The molecule has 0 aliphatic rings. The summed E-state index contributed by atoms with van der Waals surface area (Å²) in [4.78, 5) is 0. The van der Waals surface area contributed by atoms with Crippen LogP contribution >= 0.6 is 0 Å². The van der Waals surface area contributed by atoms with Crippen molar-refractivity contribution in [1.29, 1.82) is 0 Å². The molecule has 1 aromatic carbocycles. The fourth-order valence-electron chi connectivity index (χ4n) is 1.94. The van der Waals surface area contributed by atoms with Crippen molar-refractivity contribution in [3.8, 4) is 12.3 Å². The lowest BCUT2D eigenvalue weighted by Crippen LogP contribution is -2.36. The number of hydrogen-bond donors (Lipinski definition) is 1. The molecule has 0 heterocycles. The molecule has 0 saturated heterocycles. The van der Waals surface area contributed by atoms with E-state index in [9.17, 15) is 8.42 Å². The van der Waals surface area contributed by atoms with E-state index in [4.69, 9.17) is 6.42 Å². The summed E-state index contributed by atoms with van der Waals surface area (Å²) in [5, 5.41) is 0. The topological polar surface area (TPSA) is 46.2 Å². The molecule has 2 atom stereocenters. The Morgan fingerprint density at radius 3 is 2.47 bits per heavy atom. The standard InChI is InChI=1S/C15H21NO2S/c1-4-9-15(5-2)16-19(17,18)12-13(3)14-10-7-6-8-11-14/h2,6-8,10-11,13,15-16H,4,9,12H2,1,3H3. The molecule has 19 heavy (non-hydrogen) atoms. The highest BCUT2D eigenvalue weighted by Gasteiger charge is 2.19. The van der Waals surface area contributed by atoms with Gasteiger partial charge in [0.05, 0.1) is 11.8 Å². The van der Waals surface area contributed by atoms with Gasteiger partial charge >= 0.3 is 0 Å². The summed E-state index contributed by atoms with van der Waals surface area (Å²) >= 11 is 0. The Morgan fingerprint density at radius 1 is 1.32 bits per heavy atom. The van der Waals surface area contributed by atoms with E-state index in [0.717, 1.165) is 12.0 Å². The lowest BCUT2D eigenvalue weighted by molar-refractivity contribution is 0.559. The van der Waals surface area contributed by atoms with Crippen molar-refractivity contribution in [3.63, 3.8) is 0 Å². The van der Waals surface area contributed by atoms with E-state index in [1.54, 1.807) is 0 Å². The smallest absolute Gasteiger partial charge is 0.212 e. The van der Waals surface area contributed by atoms with Gasteiger partial charge in [0.15, 0.2) is 0 Å². The van der Waals surface area contributed by atoms with Crippen LogP contribution in [0.15, 0.2) is 30.3 Å². The Kier molecular flexibility index (Phi) is 6.07. The van der Waals surface area contributed by atoms with E-state index in [1.165, 1.54) is 0 Å². The van der Waals surface area contributed by atoms with E-state index < -0.39 is 16.1 Å². The summed E-state index contributed by atoms with van der Waals surface area (Å²) in [6.45, 7) is 3.88. The van der Waals surface area contributed by atoms with Crippen LogP contribution in [0.5, 0.6) is 0 Å². The Hall–Kier alpha value is -1.31. The molecule has 0 fully saturated rings. The van der Waals surface area contributed by atoms with Gasteiger partial charge in [-0.2, -0.15) is 0 Å². The third-order valence-corrected chi connectivity index (χ3v) is 4.52. The lowest BCUT2D eigenvalue weighted by Gasteiger charge is -2.16. The van der Waals surface area contributed by atoms with Gasteiger partial charge in [0.1, 0.15) is 0 Å². The summed E-state index contributed by atoms with van der Waals surface area (Å²) in [7, 11) is -3.35. The first kappa shape index (κ1) is 15.7. The first-order valence-corrected chi connectivity index (χ1v) is 8.14. The summed E-state index contributed by atoms with van der Waals surface area (Å²) in [5.74, 6) is 2.48. The lowest BCUT2D eigenvalue weighted by atomic mass is 10.0. The van der Waals surface area contributed by atoms with Crippen molar-refractivity contribution >= 4 is 10.0 Å². The summed E-state index contributed by atoms with van der Waals surface area (Å²) in [5.41, 5.74) is 1.01. The highest BCUT2D eigenvalue weighted by atomic mass is 32.2. The monoisotopic (exact) mass is 279 g/mol. The minimum absolute atomic E-state index is 0.0545. The van der Waals surface area contributed by atoms with Crippen LogP contribution in [-0.2, 0) is 10.0 Å². The number of sulfonamides is 1. The normalized spacial score (nSPS) is 14.6. The van der Waals surface area contributed by atoms with E-state index in [-0.39, 0.29) is 11.7 Å². The van der Waals surface area contributed by atoms with Crippen molar-refractivity contribution in [2.45, 2.75) is 38.6 Å². The van der Waals surface area contributed by atoms with Gasteiger partial charge in [-0.1, -0.05) is 56.5 Å². The van der Waals surface area contributed by atoms with Gasteiger partial charge in [0.25, 0.3) is 0 Å². The van der Waals surface area contributed by atoms with Crippen molar-refractivity contribution < 1.29 is 8.42 Å². The number of rotatable bonds is 7. The van der Waals surface area contributed by atoms with Crippen LogP contribution in [0.2, 0.25) is 0 Å².